The molecular formula is C18H18ClN3O4S. The molecular weight excluding hydrogens is 390 g/mol. The summed E-state index contributed by atoms with van der Waals surface area (Å²) in [6.07, 6.45) is 0. The minimum absolute atomic E-state index is 0.0548. The Bertz CT molecular complexity index is 815. The highest BCUT2D eigenvalue weighted by atomic mass is 35.5. The van der Waals surface area contributed by atoms with Crippen LogP contribution in [-0.4, -0.2) is 37.3 Å². The Balaban J connectivity index is 1.82. The average Bonchev–Trinajstić information content (AvgIpc) is 2.67. The van der Waals surface area contributed by atoms with Crippen molar-refractivity contribution in [2.24, 2.45) is 0 Å². The van der Waals surface area contributed by atoms with Crippen molar-refractivity contribution in [3.8, 4) is 5.75 Å². The standard InChI is InChI=1S/C18H18ClN3O4S/c1-25-10-11-26-13-8-6-12(7-9-13)16(23)20-18(27)22-21-17(24)14-4-2-3-5-15(14)19/h2-9H,10-11H2,1H3,(H,21,24)(H2,20,22,23,27). The highest BCUT2D eigenvalue weighted by Crippen LogP contribution is 2.14. The summed E-state index contributed by atoms with van der Waals surface area (Å²) in [5.41, 5.74) is 5.50. The van der Waals surface area contributed by atoms with Gasteiger partial charge in [-0.15, -0.1) is 0 Å². The zero-order valence-corrected chi connectivity index (χ0v) is 16.0. The SMILES string of the molecule is COCCOc1ccc(C(=O)NC(=S)NNC(=O)c2ccccc2Cl)cc1. The fourth-order valence-corrected chi connectivity index (χ4v) is 2.34. The maximum Gasteiger partial charge on any atom is 0.271 e. The summed E-state index contributed by atoms with van der Waals surface area (Å²) in [6, 6.07) is 13.1. The molecule has 2 amide bonds. The van der Waals surface area contributed by atoms with Gasteiger partial charge in [0.25, 0.3) is 11.8 Å². The van der Waals surface area contributed by atoms with E-state index in [0.717, 1.165) is 0 Å². The van der Waals surface area contributed by atoms with Gasteiger partial charge in [0, 0.05) is 12.7 Å². The zero-order valence-electron chi connectivity index (χ0n) is 14.5. The molecule has 0 heterocycles. The third-order valence-corrected chi connectivity index (χ3v) is 3.84. The number of benzene rings is 2. The minimum Gasteiger partial charge on any atom is -0.491 e. The van der Waals surface area contributed by atoms with Crippen molar-refractivity contribution in [2.75, 3.05) is 20.3 Å². The van der Waals surface area contributed by atoms with E-state index in [0.29, 0.717) is 29.5 Å². The molecule has 0 aliphatic heterocycles. The summed E-state index contributed by atoms with van der Waals surface area (Å²) < 4.78 is 10.3. The van der Waals surface area contributed by atoms with Crippen LogP contribution in [0.25, 0.3) is 0 Å². The van der Waals surface area contributed by atoms with Crippen LogP contribution in [0, 0.1) is 0 Å². The molecule has 0 unspecified atom stereocenters. The Morgan fingerprint density at radius 1 is 1.00 bits per heavy atom. The van der Waals surface area contributed by atoms with Crippen molar-refractivity contribution >= 4 is 40.7 Å². The minimum atomic E-state index is -0.477. The Morgan fingerprint density at radius 2 is 1.70 bits per heavy atom. The summed E-state index contributed by atoms with van der Waals surface area (Å²) in [7, 11) is 1.59. The molecule has 0 atom stereocenters. The average molecular weight is 408 g/mol. The highest BCUT2D eigenvalue weighted by Gasteiger charge is 2.11. The topological polar surface area (TPSA) is 88.7 Å². The van der Waals surface area contributed by atoms with Gasteiger partial charge in [0.15, 0.2) is 5.11 Å². The van der Waals surface area contributed by atoms with Gasteiger partial charge in [0.2, 0.25) is 0 Å². The van der Waals surface area contributed by atoms with Gasteiger partial charge in [0.05, 0.1) is 17.2 Å². The lowest BCUT2D eigenvalue weighted by Crippen LogP contribution is -2.48. The molecule has 0 aliphatic rings. The third kappa shape index (κ3) is 6.52. The van der Waals surface area contributed by atoms with Crippen molar-refractivity contribution < 1.29 is 19.1 Å². The molecule has 2 rings (SSSR count). The van der Waals surface area contributed by atoms with Gasteiger partial charge in [-0.3, -0.25) is 25.8 Å². The molecule has 0 fully saturated rings. The first-order valence-electron chi connectivity index (χ1n) is 7.89. The fourth-order valence-electron chi connectivity index (χ4n) is 1.98. The van der Waals surface area contributed by atoms with E-state index < -0.39 is 11.8 Å². The van der Waals surface area contributed by atoms with Gasteiger partial charge in [-0.1, -0.05) is 23.7 Å². The molecule has 0 aromatic heterocycles. The number of ether oxygens (including phenoxy) is 2. The third-order valence-electron chi connectivity index (χ3n) is 3.31. The predicted molar refractivity (Wildman–Crippen MR) is 106 cm³/mol. The summed E-state index contributed by atoms with van der Waals surface area (Å²) in [5, 5.41) is 2.71. The molecule has 0 radical (unpaired) electrons. The van der Waals surface area contributed by atoms with Crippen LogP contribution >= 0.6 is 23.8 Å². The van der Waals surface area contributed by atoms with Crippen LogP contribution < -0.4 is 20.9 Å². The van der Waals surface area contributed by atoms with E-state index in [2.05, 4.69) is 16.2 Å². The van der Waals surface area contributed by atoms with Crippen LogP contribution in [-0.2, 0) is 4.74 Å². The first kappa shape index (κ1) is 20.6. The van der Waals surface area contributed by atoms with Gasteiger partial charge < -0.3 is 9.47 Å². The Morgan fingerprint density at radius 3 is 2.37 bits per heavy atom. The number of carbonyl (C=O) groups excluding carboxylic acids is 2. The smallest absolute Gasteiger partial charge is 0.271 e. The van der Waals surface area contributed by atoms with Gasteiger partial charge in [0.1, 0.15) is 12.4 Å². The molecule has 3 N–H and O–H groups in total. The van der Waals surface area contributed by atoms with E-state index in [4.69, 9.17) is 33.3 Å². The predicted octanol–water partition coefficient (Wildman–Crippen LogP) is 2.31. The van der Waals surface area contributed by atoms with E-state index in [-0.39, 0.29) is 10.7 Å². The van der Waals surface area contributed by atoms with Crippen LogP contribution in [0.2, 0.25) is 5.02 Å². The molecule has 2 aromatic rings. The largest absolute Gasteiger partial charge is 0.491 e. The molecule has 0 bridgehead atoms. The van der Waals surface area contributed by atoms with Crippen LogP contribution in [0.3, 0.4) is 0 Å². The van der Waals surface area contributed by atoms with Gasteiger partial charge in [-0.25, -0.2) is 0 Å². The number of hydrogen-bond acceptors (Lipinski definition) is 5. The molecule has 0 aliphatic carbocycles. The number of rotatable bonds is 6. The quantitative estimate of drug-likeness (QED) is 0.387. The molecule has 0 saturated carbocycles. The number of hydrazine groups is 1. The van der Waals surface area contributed by atoms with E-state index in [1.807, 2.05) is 0 Å². The highest BCUT2D eigenvalue weighted by molar-refractivity contribution is 7.80. The van der Waals surface area contributed by atoms with Crippen molar-refractivity contribution in [1.29, 1.82) is 0 Å². The number of methoxy groups -OCH3 is 1. The van der Waals surface area contributed by atoms with Crippen molar-refractivity contribution in [1.82, 2.24) is 16.2 Å². The lowest BCUT2D eigenvalue weighted by atomic mass is 10.2. The van der Waals surface area contributed by atoms with Crippen LogP contribution in [0.4, 0.5) is 0 Å². The Kier molecular flexibility index (Phi) is 8.00. The zero-order chi connectivity index (χ0) is 19.6. The van der Waals surface area contributed by atoms with Gasteiger partial charge in [-0.2, -0.15) is 0 Å². The number of amides is 2. The summed E-state index contributed by atoms with van der Waals surface area (Å²) in [5.74, 6) is -0.283. The van der Waals surface area contributed by atoms with Crippen LogP contribution in [0.5, 0.6) is 5.75 Å². The summed E-state index contributed by atoms with van der Waals surface area (Å²) in [6.45, 7) is 0.892. The number of nitrogens with one attached hydrogen (secondary N) is 3. The second kappa shape index (κ2) is 10.5. The van der Waals surface area contributed by atoms with E-state index >= 15 is 0 Å². The molecule has 0 saturated heterocycles. The monoisotopic (exact) mass is 407 g/mol. The van der Waals surface area contributed by atoms with E-state index in [1.54, 1.807) is 55.6 Å². The molecule has 7 nitrogen and oxygen atoms in total. The molecule has 27 heavy (non-hydrogen) atoms. The first-order chi connectivity index (χ1) is 13.0. The Labute approximate surface area is 167 Å². The first-order valence-corrected chi connectivity index (χ1v) is 8.68. The van der Waals surface area contributed by atoms with Crippen molar-refractivity contribution in [2.45, 2.75) is 0 Å². The second-order valence-electron chi connectivity index (χ2n) is 5.21. The number of carbonyl (C=O) groups is 2. The van der Waals surface area contributed by atoms with Crippen LogP contribution in [0.15, 0.2) is 48.5 Å². The molecule has 2 aromatic carbocycles. The van der Waals surface area contributed by atoms with Crippen molar-refractivity contribution in [3.63, 3.8) is 0 Å². The molecule has 0 spiro atoms. The number of halogens is 1. The van der Waals surface area contributed by atoms with Crippen LogP contribution in [0.1, 0.15) is 20.7 Å². The Hall–Kier alpha value is -2.68. The fraction of sp³-hybridized carbons (Fsp3) is 0.167. The summed E-state index contributed by atoms with van der Waals surface area (Å²) in [4.78, 5) is 24.2. The van der Waals surface area contributed by atoms with E-state index in [1.165, 1.54) is 0 Å². The molecule has 9 heteroatoms. The van der Waals surface area contributed by atoms with Crippen molar-refractivity contribution in [3.05, 3.63) is 64.7 Å². The van der Waals surface area contributed by atoms with E-state index in [9.17, 15) is 9.59 Å². The van der Waals surface area contributed by atoms with Gasteiger partial charge in [-0.05, 0) is 48.6 Å². The summed E-state index contributed by atoms with van der Waals surface area (Å²) >= 11 is 10.9. The number of hydrogen-bond donors (Lipinski definition) is 3. The molecule has 142 valence electrons. The lowest BCUT2D eigenvalue weighted by molar-refractivity contribution is 0.0934. The maximum atomic E-state index is 12.2. The normalized spacial score (nSPS) is 10.0. The lowest BCUT2D eigenvalue weighted by Gasteiger charge is -2.11. The number of thiocarbonyl (C=S) groups is 1. The maximum absolute atomic E-state index is 12.2. The second-order valence-corrected chi connectivity index (χ2v) is 6.02. The van der Waals surface area contributed by atoms with Gasteiger partial charge >= 0.3 is 0 Å².